The zero-order valence-electron chi connectivity index (χ0n) is 28.4. The Kier molecular flexibility index (Phi) is 13.6. The topological polar surface area (TPSA) is 178 Å². The summed E-state index contributed by atoms with van der Waals surface area (Å²) in [5.41, 5.74) is 6.00. The van der Waals surface area contributed by atoms with Crippen molar-refractivity contribution in [3.63, 3.8) is 0 Å². The molecule has 11 nitrogen and oxygen atoms in total. The fraction of sp³-hybridized carbons (Fsp3) is 0.162. The van der Waals surface area contributed by atoms with Gasteiger partial charge in [0, 0.05) is 36.5 Å². The van der Waals surface area contributed by atoms with Crippen LogP contribution in [0.2, 0.25) is 0 Å². The molecule has 1 aliphatic carbocycles. The van der Waals surface area contributed by atoms with Gasteiger partial charge in [-0.05, 0) is 102 Å². The molecule has 52 heavy (non-hydrogen) atoms. The molecule has 0 fully saturated rings. The smallest absolute Gasteiger partial charge is 0.744 e. The Morgan fingerprint density at radius 2 is 1.10 bits per heavy atom. The van der Waals surface area contributed by atoms with Crippen LogP contribution >= 0.6 is 0 Å². The predicted molar refractivity (Wildman–Crippen MR) is 196 cm³/mol. The molecule has 0 unspecified atom stereocenters. The monoisotopic (exact) mass is 786 g/mol. The van der Waals surface area contributed by atoms with Crippen molar-refractivity contribution in [1.29, 1.82) is 0 Å². The summed E-state index contributed by atoms with van der Waals surface area (Å²) in [6, 6.07) is 25.2. The van der Waals surface area contributed by atoms with Gasteiger partial charge in [0.1, 0.15) is 36.9 Å². The van der Waals surface area contributed by atoms with Gasteiger partial charge in [-0.2, -0.15) is 0 Å². The van der Waals surface area contributed by atoms with E-state index in [0.717, 1.165) is 28.1 Å². The van der Waals surface area contributed by atoms with Crippen molar-refractivity contribution in [1.82, 2.24) is 0 Å². The molecule has 0 N–H and O–H groups in total. The number of allylic oxidation sites excluding steroid dienone is 5. The number of anilines is 1. The van der Waals surface area contributed by atoms with Gasteiger partial charge in [0.2, 0.25) is 0 Å². The summed E-state index contributed by atoms with van der Waals surface area (Å²) in [5.74, 6) is 0. The maximum atomic E-state index is 11.6. The van der Waals surface area contributed by atoms with E-state index in [0.29, 0.717) is 42.9 Å². The van der Waals surface area contributed by atoms with Crippen molar-refractivity contribution in [3.8, 4) is 0 Å². The SMILES string of the molecule is CCN(Cc1cccc(S(=O)(=O)[O-])c1)c1ccc(C(=C2C=CC(=[N+](CC)Cc3cccc(S(=O)(=O)[O-])c3)C=C2)c2ccc(S(=O)(=O)[O-])cc2)cc1.[Ca+2]. The van der Waals surface area contributed by atoms with Gasteiger partial charge in [-0.15, -0.1) is 0 Å². The number of benzene rings is 4. The summed E-state index contributed by atoms with van der Waals surface area (Å²) >= 11 is 0. The molecule has 0 saturated heterocycles. The van der Waals surface area contributed by atoms with Crippen LogP contribution in [0.5, 0.6) is 0 Å². The molecular weight excluding hydrogens is 753 g/mol. The molecule has 0 radical (unpaired) electrons. The Hall–Kier alpha value is -3.44. The molecule has 0 saturated carbocycles. The summed E-state index contributed by atoms with van der Waals surface area (Å²) in [6.45, 7) is 5.79. The van der Waals surface area contributed by atoms with Crippen LogP contribution in [0.25, 0.3) is 5.57 Å². The van der Waals surface area contributed by atoms with Crippen molar-refractivity contribution in [3.05, 3.63) is 149 Å². The van der Waals surface area contributed by atoms with Crippen molar-refractivity contribution >= 4 is 85.1 Å². The molecule has 4 aromatic carbocycles. The summed E-state index contributed by atoms with van der Waals surface area (Å²) in [7, 11) is -13.8. The number of hydrogen-bond donors (Lipinski definition) is 0. The standard InChI is InChI=1S/C37H36N2O9S3.Ca/c1-3-38(25-27-7-5-9-35(23-27)50(43,44)45)32-17-11-29(12-18-32)37(31-15-21-34(22-16-31)49(40,41)42)30-13-19-33(20-14-30)39(4-2)26-28-8-6-10-36(24-28)51(46,47)48;/h5-24H,3-4,25-26H2,1-2H3,(H2-,40,41,42,43,44,45,46,47,48);/q;+2/p-2. The van der Waals surface area contributed by atoms with Gasteiger partial charge in [-0.25, -0.2) is 29.8 Å². The molecule has 4 aromatic rings. The largest absolute Gasteiger partial charge is 2.00 e. The van der Waals surface area contributed by atoms with Crippen molar-refractivity contribution in [2.75, 3.05) is 18.0 Å². The van der Waals surface area contributed by atoms with Crippen LogP contribution in [0, 0.1) is 0 Å². The Morgan fingerprint density at radius 1 is 0.615 bits per heavy atom. The van der Waals surface area contributed by atoms with E-state index in [9.17, 15) is 38.9 Å². The van der Waals surface area contributed by atoms with Crippen LogP contribution in [-0.2, 0) is 43.4 Å². The summed E-state index contributed by atoms with van der Waals surface area (Å²) in [5, 5.41) is 0. The quantitative estimate of drug-likeness (QED) is 0.112. The summed E-state index contributed by atoms with van der Waals surface area (Å²) in [6.07, 6.45) is 7.64. The zero-order valence-corrected chi connectivity index (χ0v) is 33.0. The molecule has 0 spiro atoms. The fourth-order valence-corrected chi connectivity index (χ4v) is 7.33. The number of nitrogens with zero attached hydrogens (tertiary/aromatic N) is 2. The van der Waals surface area contributed by atoms with Gasteiger partial charge in [-0.1, -0.05) is 48.5 Å². The van der Waals surface area contributed by atoms with Crippen LogP contribution in [0.1, 0.15) is 36.1 Å². The van der Waals surface area contributed by atoms with E-state index in [4.69, 9.17) is 0 Å². The van der Waals surface area contributed by atoms with E-state index in [2.05, 4.69) is 0 Å². The third-order valence-corrected chi connectivity index (χ3v) is 10.9. The molecular formula is C37H34CaN2O9S3. The van der Waals surface area contributed by atoms with Gasteiger partial charge < -0.3 is 18.6 Å². The van der Waals surface area contributed by atoms with Gasteiger partial charge in [0.05, 0.1) is 14.7 Å². The Morgan fingerprint density at radius 3 is 1.58 bits per heavy atom. The fourth-order valence-electron chi connectivity index (χ4n) is 5.78. The minimum atomic E-state index is -4.66. The van der Waals surface area contributed by atoms with Crippen LogP contribution in [0.15, 0.2) is 142 Å². The molecule has 0 aliphatic heterocycles. The van der Waals surface area contributed by atoms with E-state index < -0.39 is 30.4 Å². The Bertz CT molecular complexity index is 2390. The third-order valence-electron chi connectivity index (χ3n) is 8.36. The van der Waals surface area contributed by atoms with Crippen LogP contribution in [0.4, 0.5) is 5.69 Å². The van der Waals surface area contributed by atoms with E-state index in [-0.39, 0.29) is 52.4 Å². The second-order valence-corrected chi connectivity index (χ2v) is 15.8. The molecule has 0 bridgehead atoms. The second kappa shape index (κ2) is 17.1. The van der Waals surface area contributed by atoms with Gasteiger partial charge in [0.15, 0.2) is 12.3 Å². The minimum absolute atomic E-state index is 0. The second-order valence-electron chi connectivity index (χ2n) is 11.7. The van der Waals surface area contributed by atoms with E-state index in [1.165, 1.54) is 48.5 Å². The average Bonchev–Trinajstić information content (AvgIpc) is 3.10. The summed E-state index contributed by atoms with van der Waals surface area (Å²) < 4.78 is 106. The van der Waals surface area contributed by atoms with Gasteiger partial charge in [-0.3, -0.25) is 0 Å². The Labute approximate surface area is 334 Å². The normalized spacial score (nSPS) is 13.1. The zero-order chi connectivity index (χ0) is 37.0. The van der Waals surface area contributed by atoms with Crippen molar-refractivity contribution in [2.24, 2.45) is 0 Å². The first-order valence-electron chi connectivity index (χ1n) is 15.8. The van der Waals surface area contributed by atoms with Crippen LogP contribution < -0.4 is 4.90 Å². The number of hydrogen-bond acceptors (Lipinski definition) is 10. The molecule has 0 amide bonds. The molecule has 0 aromatic heterocycles. The number of rotatable bonds is 12. The first-order valence-corrected chi connectivity index (χ1v) is 20.0. The first kappa shape index (κ1) is 41.3. The minimum Gasteiger partial charge on any atom is -0.744 e. The van der Waals surface area contributed by atoms with Crippen molar-refractivity contribution < 1.29 is 43.5 Å². The van der Waals surface area contributed by atoms with Gasteiger partial charge >= 0.3 is 37.7 Å². The average molecular weight is 787 g/mol. The first-order chi connectivity index (χ1) is 24.1. The van der Waals surface area contributed by atoms with Crippen molar-refractivity contribution in [2.45, 2.75) is 41.6 Å². The third kappa shape index (κ3) is 10.4. The summed E-state index contributed by atoms with van der Waals surface area (Å²) in [4.78, 5) is 1.08. The molecule has 5 rings (SSSR count). The van der Waals surface area contributed by atoms with E-state index >= 15 is 0 Å². The molecule has 0 heterocycles. The van der Waals surface area contributed by atoms with E-state index in [1.54, 1.807) is 24.3 Å². The maximum Gasteiger partial charge on any atom is 2.00 e. The van der Waals surface area contributed by atoms with Crippen LogP contribution in [0.3, 0.4) is 0 Å². The molecule has 15 heteroatoms. The Balaban J connectivity index is 0.00000605. The molecule has 1 aliphatic rings. The van der Waals surface area contributed by atoms with Gasteiger partial charge in [0.25, 0.3) is 0 Å². The predicted octanol–water partition coefficient (Wildman–Crippen LogP) is 4.65. The van der Waals surface area contributed by atoms with Crippen LogP contribution in [-0.4, -0.2) is 100 Å². The molecule has 266 valence electrons. The molecule has 0 atom stereocenters. The maximum absolute atomic E-state index is 11.6. The van der Waals surface area contributed by atoms with E-state index in [1.807, 2.05) is 71.9 Å².